The smallest absolute Gasteiger partial charge is 0.146 e. The zero-order valence-electron chi connectivity index (χ0n) is 8.07. The maximum Gasteiger partial charge on any atom is 0.146 e. The summed E-state index contributed by atoms with van der Waals surface area (Å²) in [5.74, 6) is 6.44. The van der Waals surface area contributed by atoms with E-state index in [-0.39, 0.29) is 0 Å². The number of allylic oxidation sites excluding steroid dienone is 1. The van der Waals surface area contributed by atoms with Gasteiger partial charge in [0.1, 0.15) is 5.82 Å². The molecule has 0 aliphatic heterocycles. The predicted octanol–water partition coefficient (Wildman–Crippen LogP) is 1.86. The van der Waals surface area contributed by atoms with E-state index in [1.165, 1.54) is 10.6 Å². The lowest BCUT2D eigenvalue weighted by Crippen LogP contribution is -2.24. The summed E-state index contributed by atoms with van der Waals surface area (Å²) in [6, 6.07) is 3.95. The van der Waals surface area contributed by atoms with Crippen LogP contribution >= 0.6 is 0 Å². The number of hydrogen-bond acceptors (Lipinski definition) is 3. The maximum atomic E-state index is 5.68. The molecule has 1 rings (SSSR count). The molecule has 2 N–H and O–H groups in total. The van der Waals surface area contributed by atoms with Gasteiger partial charge in [0.05, 0.1) is 0 Å². The Bertz CT molecular complexity index is 277. The molecular weight excluding hydrogens is 162 g/mol. The Kier molecular flexibility index (Phi) is 3.46. The summed E-state index contributed by atoms with van der Waals surface area (Å²) in [5.41, 5.74) is 1.22. The van der Waals surface area contributed by atoms with Crippen molar-refractivity contribution >= 4 is 5.82 Å². The van der Waals surface area contributed by atoms with Crippen LogP contribution in [0.4, 0.5) is 5.82 Å². The van der Waals surface area contributed by atoms with E-state index in [0.29, 0.717) is 0 Å². The number of pyridine rings is 1. The zero-order valence-corrected chi connectivity index (χ0v) is 8.07. The highest BCUT2D eigenvalue weighted by molar-refractivity contribution is 5.40. The molecule has 0 unspecified atom stereocenters. The van der Waals surface area contributed by atoms with Gasteiger partial charge in [-0.05, 0) is 25.0 Å². The number of nitrogens with zero attached hydrogens (tertiary/aromatic N) is 2. The Morgan fingerprint density at radius 3 is 2.77 bits per heavy atom. The molecule has 0 spiro atoms. The molecule has 3 heteroatoms. The molecule has 0 aliphatic rings. The second kappa shape index (κ2) is 4.62. The van der Waals surface area contributed by atoms with Gasteiger partial charge in [0.2, 0.25) is 0 Å². The van der Waals surface area contributed by atoms with E-state index < -0.39 is 0 Å². The molecule has 3 nitrogen and oxygen atoms in total. The van der Waals surface area contributed by atoms with Gasteiger partial charge < -0.3 is 0 Å². The summed E-state index contributed by atoms with van der Waals surface area (Å²) >= 11 is 0. The fourth-order valence-electron chi connectivity index (χ4n) is 1.02. The van der Waals surface area contributed by atoms with Gasteiger partial charge in [-0.2, -0.15) is 0 Å². The summed E-state index contributed by atoms with van der Waals surface area (Å²) in [7, 11) is 0. The molecule has 1 heterocycles. The summed E-state index contributed by atoms with van der Waals surface area (Å²) in [6.45, 7) is 4.02. The first-order valence-electron chi connectivity index (χ1n) is 4.39. The SMILES string of the molecule is C/C=C\N(N)c1ccc(CC)cn1. The molecule has 0 saturated heterocycles. The number of aryl methyl sites for hydroxylation is 1. The minimum atomic E-state index is 0.760. The molecule has 0 aromatic carbocycles. The Morgan fingerprint density at radius 2 is 2.31 bits per heavy atom. The maximum absolute atomic E-state index is 5.68. The van der Waals surface area contributed by atoms with E-state index in [1.54, 1.807) is 6.20 Å². The van der Waals surface area contributed by atoms with Crippen molar-refractivity contribution in [1.82, 2.24) is 4.98 Å². The van der Waals surface area contributed by atoms with Crippen molar-refractivity contribution in [2.24, 2.45) is 5.84 Å². The number of nitrogens with two attached hydrogens (primary N) is 1. The largest absolute Gasteiger partial charge is 0.270 e. The monoisotopic (exact) mass is 177 g/mol. The molecule has 0 atom stereocenters. The van der Waals surface area contributed by atoms with Crippen LogP contribution in [0.3, 0.4) is 0 Å². The number of aromatic nitrogens is 1. The van der Waals surface area contributed by atoms with E-state index in [9.17, 15) is 0 Å². The van der Waals surface area contributed by atoms with E-state index >= 15 is 0 Å². The van der Waals surface area contributed by atoms with Crippen LogP contribution in [0.5, 0.6) is 0 Å². The fourth-order valence-corrected chi connectivity index (χ4v) is 1.02. The van der Waals surface area contributed by atoms with Crippen LogP contribution in [0.25, 0.3) is 0 Å². The van der Waals surface area contributed by atoms with Gasteiger partial charge >= 0.3 is 0 Å². The molecule has 0 bridgehead atoms. The lowest BCUT2D eigenvalue weighted by atomic mass is 10.2. The van der Waals surface area contributed by atoms with Crippen LogP contribution in [0, 0.1) is 0 Å². The third kappa shape index (κ3) is 2.56. The normalized spacial score (nSPS) is 10.7. The standard InChI is InChI=1S/C10H15N3/c1-3-7-13(11)10-6-5-9(4-2)8-12-10/h3,5-8H,4,11H2,1-2H3/b7-3-. The lowest BCUT2D eigenvalue weighted by molar-refractivity contribution is 1.01. The topological polar surface area (TPSA) is 42.1 Å². The fraction of sp³-hybridized carbons (Fsp3) is 0.300. The Labute approximate surface area is 78.9 Å². The van der Waals surface area contributed by atoms with Gasteiger partial charge in [0, 0.05) is 12.4 Å². The van der Waals surface area contributed by atoms with Crippen molar-refractivity contribution in [3.05, 3.63) is 36.2 Å². The summed E-state index contributed by atoms with van der Waals surface area (Å²) in [4.78, 5) is 4.22. The second-order valence-corrected chi connectivity index (χ2v) is 2.77. The molecule has 13 heavy (non-hydrogen) atoms. The molecule has 0 radical (unpaired) electrons. The molecular formula is C10H15N3. The van der Waals surface area contributed by atoms with E-state index in [2.05, 4.69) is 11.9 Å². The second-order valence-electron chi connectivity index (χ2n) is 2.77. The molecule has 0 saturated carbocycles. The number of anilines is 1. The Hall–Kier alpha value is -1.35. The number of rotatable bonds is 3. The van der Waals surface area contributed by atoms with Crippen molar-refractivity contribution < 1.29 is 0 Å². The average molecular weight is 177 g/mol. The number of hydrogen-bond donors (Lipinski definition) is 1. The lowest BCUT2D eigenvalue weighted by Gasteiger charge is -2.11. The van der Waals surface area contributed by atoms with Crippen LogP contribution in [0.15, 0.2) is 30.6 Å². The summed E-state index contributed by atoms with van der Waals surface area (Å²) in [5, 5.41) is 1.50. The average Bonchev–Trinajstić information content (AvgIpc) is 2.18. The summed E-state index contributed by atoms with van der Waals surface area (Å²) in [6.07, 6.45) is 6.49. The minimum absolute atomic E-state index is 0.760. The molecule has 70 valence electrons. The zero-order chi connectivity index (χ0) is 9.68. The molecule has 1 aromatic rings. The van der Waals surface area contributed by atoms with Crippen LogP contribution in [0.2, 0.25) is 0 Å². The van der Waals surface area contributed by atoms with Gasteiger partial charge in [-0.25, -0.2) is 10.8 Å². The van der Waals surface area contributed by atoms with Gasteiger partial charge in [-0.15, -0.1) is 0 Å². The highest BCUT2D eigenvalue weighted by Gasteiger charge is 1.97. The highest BCUT2D eigenvalue weighted by atomic mass is 15.4. The van der Waals surface area contributed by atoms with Gasteiger partial charge in [-0.3, -0.25) is 5.01 Å². The Balaban J connectivity index is 2.79. The van der Waals surface area contributed by atoms with Crippen LogP contribution < -0.4 is 10.9 Å². The Morgan fingerprint density at radius 1 is 1.54 bits per heavy atom. The first-order valence-corrected chi connectivity index (χ1v) is 4.39. The molecule has 0 amide bonds. The van der Waals surface area contributed by atoms with E-state index in [0.717, 1.165) is 12.2 Å². The van der Waals surface area contributed by atoms with Crippen LogP contribution in [-0.2, 0) is 6.42 Å². The van der Waals surface area contributed by atoms with Gasteiger partial charge in [0.15, 0.2) is 0 Å². The third-order valence-corrected chi connectivity index (χ3v) is 1.79. The predicted molar refractivity (Wildman–Crippen MR) is 55.1 cm³/mol. The number of hydrazine groups is 1. The molecule has 0 fully saturated rings. The van der Waals surface area contributed by atoms with Gasteiger partial charge in [-0.1, -0.05) is 19.1 Å². The minimum Gasteiger partial charge on any atom is -0.270 e. The third-order valence-electron chi connectivity index (χ3n) is 1.79. The van der Waals surface area contributed by atoms with Crippen molar-refractivity contribution in [3.8, 4) is 0 Å². The quantitative estimate of drug-likeness (QED) is 0.566. The first-order chi connectivity index (χ1) is 6.27. The van der Waals surface area contributed by atoms with Crippen molar-refractivity contribution in [3.63, 3.8) is 0 Å². The van der Waals surface area contributed by atoms with E-state index in [4.69, 9.17) is 5.84 Å². The van der Waals surface area contributed by atoms with E-state index in [1.807, 2.05) is 31.3 Å². The molecule has 1 aromatic heterocycles. The highest BCUT2D eigenvalue weighted by Crippen LogP contribution is 2.08. The van der Waals surface area contributed by atoms with Crippen molar-refractivity contribution in [1.29, 1.82) is 0 Å². The van der Waals surface area contributed by atoms with Crippen LogP contribution in [-0.4, -0.2) is 4.98 Å². The van der Waals surface area contributed by atoms with Crippen molar-refractivity contribution in [2.45, 2.75) is 20.3 Å². The summed E-state index contributed by atoms with van der Waals surface area (Å²) < 4.78 is 0. The van der Waals surface area contributed by atoms with Crippen molar-refractivity contribution in [2.75, 3.05) is 5.01 Å². The van der Waals surface area contributed by atoms with Gasteiger partial charge in [0.25, 0.3) is 0 Å². The molecule has 0 aliphatic carbocycles. The van der Waals surface area contributed by atoms with Crippen LogP contribution in [0.1, 0.15) is 19.4 Å². The first kappa shape index (κ1) is 9.74.